The van der Waals surface area contributed by atoms with Gasteiger partial charge in [0.05, 0.1) is 12.0 Å². The molecule has 1 aromatic carbocycles. The number of carbonyl (C=O) groups excluding carboxylic acids is 2. The summed E-state index contributed by atoms with van der Waals surface area (Å²) in [5.74, 6) is -0.662. The topological polar surface area (TPSA) is 109 Å². The van der Waals surface area contributed by atoms with Gasteiger partial charge in [0.15, 0.2) is 10.1 Å². The van der Waals surface area contributed by atoms with Gasteiger partial charge in [0.25, 0.3) is 0 Å². The highest BCUT2D eigenvalue weighted by Gasteiger charge is 2.12. The highest BCUT2D eigenvalue weighted by Crippen LogP contribution is 2.30. The lowest BCUT2D eigenvalue weighted by atomic mass is 10.1. The Balaban J connectivity index is 1.50. The van der Waals surface area contributed by atoms with Gasteiger partial charge in [0.2, 0.25) is 11.0 Å². The number of nitrogens with one attached hydrogen (secondary N) is 3. The van der Waals surface area contributed by atoms with Crippen molar-refractivity contribution in [3.05, 3.63) is 53.5 Å². The predicted octanol–water partition coefficient (Wildman–Crippen LogP) is 3.30. The van der Waals surface area contributed by atoms with E-state index < -0.39 is 5.91 Å². The van der Waals surface area contributed by atoms with Crippen LogP contribution in [0.15, 0.2) is 45.4 Å². The Morgan fingerprint density at radius 3 is 2.79 bits per heavy atom. The number of rotatable bonds is 7. The van der Waals surface area contributed by atoms with Gasteiger partial charge >= 0.3 is 5.91 Å². The fourth-order valence-electron chi connectivity index (χ4n) is 2.39. The van der Waals surface area contributed by atoms with Crippen molar-refractivity contribution in [1.82, 2.24) is 21.0 Å². The molecule has 146 valence electrons. The van der Waals surface area contributed by atoms with Gasteiger partial charge in [-0.05, 0) is 36.6 Å². The van der Waals surface area contributed by atoms with Gasteiger partial charge in [0, 0.05) is 5.69 Å². The molecule has 10 heteroatoms. The molecular weight excluding hydrogens is 398 g/mol. The summed E-state index contributed by atoms with van der Waals surface area (Å²) in [7, 11) is 0. The molecule has 3 rings (SSSR count). The minimum absolute atomic E-state index is 0.0949. The van der Waals surface area contributed by atoms with Gasteiger partial charge in [-0.1, -0.05) is 48.2 Å². The summed E-state index contributed by atoms with van der Waals surface area (Å²) in [6.45, 7) is 4.14. The second-order valence-electron chi connectivity index (χ2n) is 5.73. The number of carbonyl (C=O) groups is 2. The smallest absolute Gasteiger partial charge is 0.305 e. The first-order chi connectivity index (χ1) is 13.6. The number of hydrogen-bond donors (Lipinski definition) is 3. The van der Waals surface area contributed by atoms with Crippen LogP contribution in [0, 0.1) is 6.92 Å². The minimum atomic E-state index is -0.518. The third-order valence-corrected chi connectivity index (χ3v) is 5.74. The summed E-state index contributed by atoms with van der Waals surface area (Å²) in [6.07, 6.45) is 2.29. The molecule has 2 heterocycles. The average Bonchev–Trinajstić information content (AvgIpc) is 3.38. The Morgan fingerprint density at radius 2 is 2.04 bits per heavy atom. The lowest BCUT2D eigenvalue weighted by Gasteiger charge is -2.11. The molecule has 28 heavy (non-hydrogen) atoms. The number of anilines is 2. The number of nitrogens with zero attached hydrogens (tertiary/aromatic N) is 2. The summed E-state index contributed by atoms with van der Waals surface area (Å²) in [5.41, 5.74) is 8.00. The van der Waals surface area contributed by atoms with Crippen molar-refractivity contribution >= 4 is 45.7 Å². The van der Waals surface area contributed by atoms with Crippen LogP contribution in [0.25, 0.3) is 0 Å². The van der Waals surface area contributed by atoms with Crippen LogP contribution in [-0.4, -0.2) is 27.8 Å². The van der Waals surface area contributed by atoms with Crippen LogP contribution in [-0.2, 0) is 11.2 Å². The van der Waals surface area contributed by atoms with E-state index in [0.717, 1.165) is 17.7 Å². The van der Waals surface area contributed by atoms with Gasteiger partial charge in [-0.2, -0.15) is 0 Å². The van der Waals surface area contributed by atoms with E-state index in [4.69, 9.17) is 4.42 Å². The SMILES string of the molecule is CCc1cccc(C)c1Nc1nnc(SCC(=O)NNC(=O)c2ccco2)s1. The first-order valence-corrected chi connectivity index (χ1v) is 10.3. The molecule has 3 aromatic rings. The number of hydrazine groups is 1. The van der Waals surface area contributed by atoms with Crippen molar-refractivity contribution in [1.29, 1.82) is 0 Å². The standard InChI is InChI=1S/C18H19N5O3S2/c1-3-12-7-4-6-11(2)15(12)19-17-22-23-18(28-17)27-10-14(24)20-21-16(25)13-8-5-9-26-13/h4-9H,3,10H2,1-2H3,(H,19,22)(H,20,24)(H,21,25). The molecule has 0 bridgehead atoms. The van der Waals surface area contributed by atoms with Crippen LogP contribution in [0.2, 0.25) is 0 Å². The summed E-state index contributed by atoms with van der Waals surface area (Å²) in [6, 6.07) is 9.25. The van der Waals surface area contributed by atoms with Crippen molar-refractivity contribution in [2.75, 3.05) is 11.1 Å². The molecule has 0 aliphatic carbocycles. The summed E-state index contributed by atoms with van der Waals surface area (Å²) >= 11 is 2.61. The number of furan rings is 1. The molecular formula is C18H19N5O3S2. The molecule has 0 fully saturated rings. The van der Waals surface area contributed by atoms with Crippen molar-refractivity contribution < 1.29 is 14.0 Å². The first kappa shape index (κ1) is 19.9. The normalized spacial score (nSPS) is 10.5. The molecule has 2 aromatic heterocycles. The van der Waals surface area contributed by atoms with Crippen LogP contribution in [0.5, 0.6) is 0 Å². The molecule has 0 spiro atoms. The maximum absolute atomic E-state index is 11.9. The Morgan fingerprint density at radius 1 is 1.18 bits per heavy atom. The van der Waals surface area contributed by atoms with Gasteiger partial charge in [-0.25, -0.2) is 0 Å². The first-order valence-electron chi connectivity index (χ1n) is 8.51. The molecule has 0 saturated heterocycles. The number of thioether (sulfide) groups is 1. The van der Waals surface area contributed by atoms with Crippen molar-refractivity contribution in [3.8, 4) is 0 Å². The zero-order chi connectivity index (χ0) is 19.9. The van der Waals surface area contributed by atoms with Crippen molar-refractivity contribution in [3.63, 3.8) is 0 Å². The van der Waals surface area contributed by atoms with Crippen molar-refractivity contribution in [2.45, 2.75) is 24.6 Å². The zero-order valence-electron chi connectivity index (χ0n) is 15.3. The van der Waals surface area contributed by atoms with E-state index in [1.54, 1.807) is 6.07 Å². The van der Waals surface area contributed by atoms with Crippen LogP contribution in [0.1, 0.15) is 28.6 Å². The molecule has 3 N–H and O–H groups in total. The number of amides is 2. The molecule has 0 aliphatic rings. The Kier molecular flexibility index (Phi) is 6.66. The van der Waals surface area contributed by atoms with E-state index in [9.17, 15) is 9.59 Å². The highest BCUT2D eigenvalue weighted by molar-refractivity contribution is 8.01. The lowest BCUT2D eigenvalue weighted by molar-refractivity contribution is -0.119. The maximum atomic E-state index is 11.9. The monoisotopic (exact) mass is 417 g/mol. The van der Waals surface area contributed by atoms with E-state index in [1.165, 1.54) is 41.0 Å². The van der Waals surface area contributed by atoms with Gasteiger partial charge in [-0.3, -0.25) is 20.4 Å². The van der Waals surface area contributed by atoms with E-state index in [2.05, 4.69) is 39.4 Å². The van der Waals surface area contributed by atoms with E-state index in [0.29, 0.717) is 9.47 Å². The Hall–Kier alpha value is -2.85. The van der Waals surface area contributed by atoms with E-state index in [1.807, 2.05) is 19.1 Å². The van der Waals surface area contributed by atoms with Gasteiger partial charge in [-0.15, -0.1) is 10.2 Å². The number of aryl methyl sites for hydroxylation is 2. The van der Waals surface area contributed by atoms with Crippen LogP contribution < -0.4 is 16.2 Å². The number of para-hydroxylation sites is 1. The number of aromatic nitrogens is 2. The third-order valence-electron chi connectivity index (χ3n) is 3.77. The summed E-state index contributed by atoms with van der Waals surface area (Å²) in [4.78, 5) is 23.6. The summed E-state index contributed by atoms with van der Waals surface area (Å²) < 4.78 is 5.60. The highest BCUT2D eigenvalue weighted by atomic mass is 32.2. The second-order valence-corrected chi connectivity index (χ2v) is 7.93. The van der Waals surface area contributed by atoms with Crippen molar-refractivity contribution in [2.24, 2.45) is 0 Å². The number of hydrogen-bond acceptors (Lipinski definition) is 8. The molecule has 0 unspecified atom stereocenters. The van der Waals surface area contributed by atoms with Gasteiger partial charge < -0.3 is 9.73 Å². The molecule has 0 atom stereocenters. The van der Waals surface area contributed by atoms with Crippen LogP contribution in [0.4, 0.5) is 10.8 Å². The third kappa shape index (κ3) is 5.11. The zero-order valence-corrected chi connectivity index (χ0v) is 16.9. The minimum Gasteiger partial charge on any atom is -0.459 e. The van der Waals surface area contributed by atoms with Crippen LogP contribution in [0.3, 0.4) is 0 Å². The molecule has 0 radical (unpaired) electrons. The Bertz CT molecular complexity index is 956. The molecule has 2 amide bonds. The Labute approximate surface area is 170 Å². The predicted molar refractivity (Wildman–Crippen MR) is 109 cm³/mol. The average molecular weight is 418 g/mol. The maximum Gasteiger partial charge on any atom is 0.305 e. The van der Waals surface area contributed by atoms with E-state index in [-0.39, 0.29) is 17.4 Å². The van der Waals surface area contributed by atoms with E-state index >= 15 is 0 Å². The molecule has 8 nitrogen and oxygen atoms in total. The van der Waals surface area contributed by atoms with Gasteiger partial charge in [0.1, 0.15) is 0 Å². The van der Waals surface area contributed by atoms with Crippen LogP contribution >= 0.6 is 23.1 Å². The largest absolute Gasteiger partial charge is 0.459 e. The molecule has 0 saturated carbocycles. The molecule has 0 aliphatic heterocycles. The fourth-order valence-corrected chi connectivity index (χ4v) is 3.94. The second kappa shape index (κ2) is 9.38. The lowest BCUT2D eigenvalue weighted by Crippen LogP contribution is -2.42. The number of benzene rings is 1. The fraction of sp³-hybridized carbons (Fsp3) is 0.222. The summed E-state index contributed by atoms with van der Waals surface area (Å²) in [5, 5.41) is 12.2. The quantitative estimate of drug-likeness (QED) is 0.400.